The van der Waals surface area contributed by atoms with E-state index < -0.39 is 11.8 Å². The van der Waals surface area contributed by atoms with Crippen molar-refractivity contribution >= 4 is 11.5 Å². The van der Waals surface area contributed by atoms with Crippen LogP contribution in [0.4, 0.5) is 15.9 Å². The van der Waals surface area contributed by atoms with Gasteiger partial charge >= 0.3 is 6.01 Å². The molecule has 0 amide bonds. The number of anilines is 2. The van der Waals surface area contributed by atoms with Crippen molar-refractivity contribution in [2.75, 3.05) is 50.2 Å². The molecule has 1 aromatic carbocycles. The Balaban J connectivity index is 1.18. The van der Waals surface area contributed by atoms with Crippen LogP contribution in [0.1, 0.15) is 79.3 Å². The highest BCUT2D eigenvalue weighted by atomic mass is 19.1. The van der Waals surface area contributed by atoms with E-state index >= 15 is 0 Å². The molecule has 3 atom stereocenters. The monoisotopic (exact) mass is 560 g/mol. The van der Waals surface area contributed by atoms with Crippen LogP contribution in [0.2, 0.25) is 0 Å². The summed E-state index contributed by atoms with van der Waals surface area (Å²) in [5.74, 6) is 0.790. The van der Waals surface area contributed by atoms with Gasteiger partial charge in [-0.1, -0.05) is 6.07 Å². The maximum Gasteiger partial charge on any atom is 0.318 e. The summed E-state index contributed by atoms with van der Waals surface area (Å²) >= 11 is 0. The van der Waals surface area contributed by atoms with Gasteiger partial charge in [-0.15, -0.1) is 0 Å². The molecule has 5 heterocycles. The smallest absolute Gasteiger partial charge is 0.318 e. The van der Waals surface area contributed by atoms with Crippen LogP contribution >= 0.6 is 0 Å². The number of ether oxygens (including phenoxy) is 3. The third-order valence-electron chi connectivity index (χ3n) is 10.7. The lowest BCUT2D eigenvalue weighted by Gasteiger charge is -2.46. The third-order valence-corrected chi connectivity index (χ3v) is 10.7. The Bertz CT molecular complexity index is 1440. The molecular weight excluding hydrogens is 523 g/mol. The van der Waals surface area contributed by atoms with E-state index in [1.54, 1.807) is 0 Å². The Morgan fingerprint density at radius 1 is 1.15 bits per heavy atom. The van der Waals surface area contributed by atoms with Crippen LogP contribution in [0.25, 0.3) is 0 Å². The number of nitrogen functional groups attached to an aromatic ring is 1. The number of hydrogen-bond acceptors (Lipinski definition) is 9. The zero-order valence-corrected chi connectivity index (χ0v) is 23.5. The van der Waals surface area contributed by atoms with E-state index in [0.717, 1.165) is 87.3 Å². The highest BCUT2D eigenvalue weighted by Crippen LogP contribution is 2.61. The first-order valence-electron chi connectivity index (χ1n) is 15.2. The van der Waals surface area contributed by atoms with E-state index in [1.807, 2.05) is 6.07 Å². The zero-order chi connectivity index (χ0) is 27.8. The number of aromatic nitrogens is 2. The van der Waals surface area contributed by atoms with Crippen molar-refractivity contribution in [1.29, 1.82) is 5.26 Å². The van der Waals surface area contributed by atoms with Gasteiger partial charge in [-0.05, 0) is 68.5 Å². The van der Waals surface area contributed by atoms with Gasteiger partial charge in [0.2, 0.25) is 0 Å². The topological polar surface area (TPSA) is 110 Å². The fraction of sp³-hybridized carbons (Fsp3) is 0.645. The Kier molecular flexibility index (Phi) is 5.80. The van der Waals surface area contributed by atoms with Crippen molar-refractivity contribution in [3.8, 4) is 12.1 Å². The summed E-state index contributed by atoms with van der Waals surface area (Å²) in [6.45, 7) is 4.13. The van der Waals surface area contributed by atoms with Crippen LogP contribution in [0.3, 0.4) is 0 Å². The molecule has 41 heavy (non-hydrogen) atoms. The lowest BCUT2D eigenvalue weighted by atomic mass is 9.67. The molecule has 6 aliphatic rings. The van der Waals surface area contributed by atoms with E-state index in [4.69, 9.17) is 29.9 Å². The van der Waals surface area contributed by atoms with Crippen molar-refractivity contribution in [2.24, 2.45) is 0 Å². The number of benzene rings is 1. The SMILES string of the molecule is N#Cc1c(N)ccc2c1[C@@]1(CCC23CC3)Cc2nc(OCC34CCCN3C[C@H](F)C4)nc(N3CCCOC3)c2CO1. The minimum Gasteiger partial charge on any atom is -0.461 e. The highest BCUT2D eigenvalue weighted by molar-refractivity contribution is 5.65. The lowest BCUT2D eigenvalue weighted by molar-refractivity contribution is -0.0887. The minimum absolute atomic E-state index is 0.141. The molecule has 1 unspecified atom stereocenters. The molecule has 3 saturated heterocycles. The Hall–Kier alpha value is -3.00. The molecule has 2 aliphatic carbocycles. The maximum atomic E-state index is 14.4. The predicted octanol–water partition coefficient (Wildman–Crippen LogP) is 3.86. The second kappa shape index (κ2) is 9.25. The molecule has 0 bridgehead atoms. The Labute approximate surface area is 239 Å². The fourth-order valence-corrected chi connectivity index (χ4v) is 8.41. The van der Waals surface area contributed by atoms with Crippen LogP contribution in [0.5, 0.6) is 6.01 Å². The van der Waals surface area contributed by atoms with E-state index in [9.17, 15) is 9.65 Å². The van der Waals surface area contributed by atoms with E-state index in [2.05, 4.69) is 21.9 Å². The molecule has 2 aromatic rings. The first-order valence-corrected chi connectivity index (χ1v) is 15.2. The molecule has 1 aromatic heterocycles. The van der Waals surface area contributed by atoms with Crippen molar-refractivity contribution in [3.05, 3.63) is 40.1 Å². The quantitative estimate of drug-likeness (QED) is 0.558. The Morgan fingerprint density at radius 3 is 2.83 bits per heavy atom. The average Bonchev–Trinajstić information content (AvgIpc) is 3.57. The van der Waals surface area contributed by atoms with E-state index in [-0.39, 0.29) is 11.0 Å². The van der Waals surface area contributed by atoms with Crippen LogP contribution in [-0.4, -0.2) is 66.2 Å². The molecule has 9 nitrogen and oxygen atoms in total. The average molecular weight is 561 g/mol. The largest absolute Gasteiger partial charge is 0.461 e. The lowest BCUT2D eigenvalue weighted by Crippen LogP contribution is -2.44. The molecule has 0 radical (unpaired) electrons. The van der Waals surface area contributed by atoms with Crippen molar-refractivity contribution in [3.63, 3.8) is 0 Å². The van der Waals surface area contributed by atoms with Gasteiger partial charge in [0.1, 0.15) is 37.0 Å². The summed E-state index contributed by atoms with van der Waals surface area (Å²) in [4.78, 5) is 14.3. The maximum absolute atomic E-state index is 14.4. The van der Waals surface area contributed by atoms with Gasteiger partial charge < -0.3 is 24.8 Å². The fourth-order valence-electron chi connectivity index (χ4n) is 8.41. The van der Waals surface area contributed by atoms with Crippen molar-refractivity contribution in [2.45, 2.75) is 87.1 Å². The van der Waals surface area contributed by atoms with Crippen LogP contribution in [-0.2, 0) is 33.5 Å². The highest BCUT2D eigenvalue weighted by Gasteiger charge is 2.56. The summed E-state index contributed by atoms with van der Waals surface area (Å²) < 4.78 is 33.4. The predicted molar refractivity (Wildman–Crippen MR) is 149 cm³/mol. The van der Waals surface area contributed by atoms with Crippen molar-refractivity contribution < 1.29 is 18.6 Å². The summed E-state index contributed by atoms with van der Waals surface area (Å²) in [5, 5.41) is 10.2. The van der Waals surface area contributed by atoms with Gasteiger partial charge in [0, 0.05) is 42.7 Å². The minimum atomic E-state index is -0.815. The number of alkyl halides is 1. The zero-order valence-electron chi connectivity index (χ0n) is 23.5. The summed E-state index contributed by atoms with van der Waals surface area (Å²) in [6.07, 6.45) is 7.22. The molecular formula is C31H37FN6O3. The standard InChI is InChI=1S/C31H37FN6O3/c32-20-13-30(5-1-11-38(30)16-20)18-40-28-35-25-14-31(41-17-22(25)27(36-28)37-10-2-12-39-19-37)9-8-29(6-7-29)23-3-4-24(34)21(15-33)26(23)31/h3-4,20H,1-2,5-14,16-19,34H2/t20-,30?,31-/m1/s1. The van der Waals surface area contributed by atoms with Crippen molar-refractivity contribution in [1.82, 2.24) is 14.9 Å². The van der Waals surface area contributed by atoms with Crippen LogP contribution in [0, 0.1) is 11.3 Å². The number of fused-ring (bicyclic) bond motifs is 5. The normalized spacial score (nSPS) is 31.5. The van der Waals surface area contributed by atoms with E-state index in [1.165, 1.54) is 5.56 Å². The van der Waals surface area contributed by atoms with Crippen LogP contribution < -0.4 is 15.4 Å². The van der Waals surface area contributed by atoms with Gasteiger partial charge in [0.15, 0.2) is 0 Å². The van der Waals surface area contributed by atoms with Crippen LogP contribution in [0.15, 0.2) is 12.1 Å². The van der Waals surface area contributed by atoms with Gasteiger partial charge in [0.05, 0.1) is 30.0 Å². The summed E-state index contributed by atoms with van der Waals surface area (Å²) in [7, 11) is 0. The molecule has 2 N–H and O–H groups in total. The molecule has 8 rings (SSSR count). The number of halogens is 1. The summed E-state index contributed by atoms with van der Waals surface area (Å²) in [5.41, 5.74) is 10.6. The van der Waals surface area contributed by atoms with E-state index in [0.29, 0.717) is 56.6 Å². The molecule has 1 saturated carbocycles. The number of nitrogens with zero attached hydrogens (tertiary/aromatic N) is 5. The number of hydrogen-bond donors (Lipinski definition) is 1. The second-order valence-corrected chi connectivity index (χ2v) is 13.1. The molecule has 216 valence electrons. The van der Waals surface area contributed by atoms with Gasteiger partial charge in [-0.3, -0.25) is 4.90 Å². The number of nitriles is 1. The third kappa shape index (κ3) is 3.96. The molecule has 4 fully saturated rings. The van der Waals surface area contributed by atoms with Gasteiger partial charge in [-0.2, -0.15) is 15.2 Å². The number of nitrogens with two attached hydrogens (primary N) is 1. The Morgan fingerprint density at radius 2 is 2.02 bits per heavy atom. The number of rotatable bonds is 4. The molecule has 10 heteroatoms. The molecule has 4 aliphatic heterocycles. The van der Waals surface area contributed by atoms with Gasteiger partial charge in [0.25, 0.3) is 0 Å². The molecule has 2 spiro atoms. The summed E-state index contributed by atoms with van der Waals surface area (Å²) in [6, 6.07) is 6.74. The first-order chi connectivity index (χ1) is 19.9. The first kappa shape index (κ1) is 25.7. The van der Waals surface area contributed by atoms with Gasteiger partial charge in [-0.25, -0.2) is 4.39 Å². The second-order valence-electron chi connectivity index (χ2n) is 13.1.